The number of amides is 1. The van der Waals surface area contributed by atoms with E-state index in [0.29, 0.717) is 5.75 Å². The number of benzene rings is 1. The van der Waals surface area contributed by atoms with E-state index in [0.717, 1.165) is 0 Å². The number of ether oxygens (including phenoxy) is 1. The van der Waals surface area contributed by atoms with Crippen LogP contribution < -0.4 is 9.64 Å². The smallest absolute Gasteiger partial charge is 0.232 e. The van der Waals surface area contributed by atoms with Gasteiger partial charge in [0.1, 0.15) is 11.6 Å². The molecule has 20 heavy (non-hydrogen) atoms. The van der Waals surface area contributed by atoms with Gasteiger partial charge in [-0.2, -0.15) is 0 Å². The van der Waals surface area contributed by atoms with Gasteiger partial charge in [-0.15, -0.1) is 0 Å². The highest BCUT2D eigenvalue weighted by atomic mass is 35.7. The molecule has 110 valence electrons. The van der Waals surface area contributed by atoms with E-state index < -0.39 is 20.8 Å². The average molecular weight is 322 g/mol. The van der Waals surface area contributed by atoms with Crippen molar-refractivity contribution < 1.29 is 22.3 Å². The molecule has 0 bridgehead atoms. The Balaban J connectivity index is 2.24. The van der Waals surface area contributed by atoms with Crippen molar-refractivity contribution in [3.05, 3.63) is 24.0 Å². The van der Waals surface area contributed by atoms with E-state index in [-0.39, 0.29) is 30.3 Å². The van der Waals surface area contributed by atoms with E-state index >= 15 is 0 Å². The molecule has 1 aliphatic rings. The lowest BCUT2D eigenvalue weighted by Gasteiger charge is -2.18. The summed E-state index contributed by atoms with van der Waals surface area (Å²) in [5.41, 5.74) is 0.0869. The summed E-state index contributed by atoms with van der Waals surface area (Å²) in [5, 5.41) is 0. The minimum Gasteiger partial charge on any atom is -0.497 e. The van der Waals surface area contributed by atoms with Gasteiger partial charge in [-0.25, -0.2) is 12.8 Å². The van der Waals surface area contributed by atoms with Crippen molar-refractivity contribution in [1.29, 1.82) is 0 Å². The first-order valence-electron chi connectivity index (χ1n) is 5.86. The van der Waals surface area contributed by atoms with Crippen LogP contribution in [-0.4, -0.2) is 33.7 Å². The molecule has 1 atom stereocenters. The van der Waals surface area contributed by atoms with Gasteiger partial charge in [0.15, 0.2) is 0 Å². The Morgan fingerprint density at radius 2 is 2.20 bits per heavy atom. The highest BCUT2D eigenvalue weighted by Crippen LogP contribution is 2.31. The summed E-state index contributed by atoms with van der Waals surface area (Å²) in [6.07, 6.45) is 0.0304. The minimum atomic E-state index is -3.68. The first kappa shape index (κ1) is 15.1. The number of hydrogen-bond donors (Lipinski definition) is 0. The Morgan fingerprint density at radius 3 is 2.80 bits per heavy atom. The molecule has 0 aliphatic carbocycles. The number of nitrogens with zero attached hydrogens (tertiary/aromatic N) is 1. The largest absolute Gasteiger partial charge is 0.497 e. The van der Waals surface area contributed by atoms with Crippen LogP contribution in [0.5, 0.6) is 5.75 Å². The van der Waals surface area contributed by atoms with Crippen molar-refractivity contribution in [1.82, 2.24) is 0 Å². The van der Waals surface area contributed by atoms with Crippen LogP contribution in [0.4, 0.5) is 10.1 Å². The lowest BCUT2D eigenvalue weighted by Crippen LogP contribution is -2.26. The molecule has 0 spiro atoms. The minimum absolute atomic E-state index is 0.0304. The van der Waals surface area contributed by atoms with E-state index in [9.17, 15) is 17.6 Å². The lowest BCUT2D eigenvalue weighted by atomic mass is 10.1. The Kier molecular flexibility index (Phi) is 4.19. The van der Waals surface area contributed by atoms with Crippen LogP contribution in [0.1, 0.15) is 6.42 Å². The summed E-state index contributed by atoms with van der Waals surface area (Å²) < 4.78 is 40.9. The number of carbonyl (C=O) groups is 1. The predicted octanol–water partition coefficient (Wildman–Crippen LogP) is 1.76. The first-order valence-corrected chi connectivity index (χ1v) is 8.34. The molecule has 0 N–H and O–H groups in total. The van der Waals surface area contributed by atoms with Gasteiger partial charge in [0.05, 0.1) is 18.6 Å². The summed E-state index contributed by atoms with van der Waals surface area (Å²) in [6.45, 7) is 0.120. The summed E-state index contributed by atoms with van der Waals surface area (Å²) in [4.78, 5) is 13.1. The Morgan fingerprint density at radius 1 is 1.50 bits per heavy atom. The van der Waals surface area contributed by atoms with Crippen LogP contribution in [0.15, 0.2) is 18.2 Å². The standard InChI is InChI=1S/C12H13ClFNO4S/c1-19-9-2-3-10(14)11(5-9)15-6-8(4-12(15)16)7-20(13,17)18/h2-3,5,8H,4,6-7H2,1H3. The molecule has 8 heteroatoms. The summed E-state index contributed by atoms with van der Waals surface area (Å²) in [7, 11) is 2.93. The van der Waals surface area contributed by atoms with Gasteiger partial charge < -0.3 is 9.64 Å². The maximum Gasteiger partial charge on any atom is 0.232 e. The molecule has 1 aromatic carbocycles. The molecule has 1 amide bonds. The molecule has 0 aromatic heterocycles. The van der Waals surface area contributed by atoms with Crippen molar-refractivity contribution in [2.75, 3.05) is 24.3 Å². The molecule has 0 radical (unpaired) electrons. The summed E-state index contributed by atoms with van der Waals surface area (Å²) in [5.74, 6) is -1.21. The zero-order chi connectivity index (χ0) is 14.9. The fourth-order valence-corrected chi connectivity index (χ4v) is 3.55. The maximum absolute atomic E-state index is 13.8. The van der Waals surface area contributed by atoms with E-state index in [1.165, 1.54) is 30.2 Å². The van der Waals surface area contributed by atoms with Crippen molar-refractivity contribution in [2.24, 2.45) is 5.92 Å². The third-order valence-corrected chi connectivity index (χ3v) is 4.33. The molecule has 1 saturated heterocycles. The quantitative estimate of drug-likeness (QED) is 0.793. The molecule has 1 aromatic rings. The SMILES string of the molecule is COc1ccc(F)c(N2CC(CS(=O)(=O)Cl)CC2=O)c1. The number of halogens is 2. The third kappa shape index (κ3) is 3.40. The van der Waals surface area contributed by atoms with Gasteiger partial charge >= 0.3 is 0 Å². The summed E-state index contributed by atoms with van der Waals surface area (Å²) in [6, 6.07) is 4.05. The topological polar surface area (TPSA) is 63.7 Å². The number of rotatable bonds is 4. The zero-order valence-corrected chi connectivity index (χ0v) is 12.2. The van der Waals surface area contributed by atoms with Crippen LogP contribution >= 0.6 is 10.7 Å². The van der Waals surface area contributed by atoms with E-state index in [4.69, 9.17) is 15.4 Å². The van der Waals surface area contributed by atoms with Crippen LogP contribution in [0.3, 0.4) is 0 Å². The summed E-state index contributed by atoms with van der Waals surface area (Å²) >= 11 is 0. The Labute approximate surface area is 120 Å². The average Bonchev–Trinajstić information content (AvgIpc) is 2.68. The Bertz CT molecular complexity index is 634. The first-order chi connectivity index (χ1) is 9.30. The molecular weight excluding hydrogens is 309 g/mol. The number of carbonyl (C=O) groups excluding carboxylic acids is 1. The second kappa shape index (κ2) is 5.57. The number of hydrogen-bond acceptors (Lipinski definition) is 4. The van der Waals surface area contributed by atoms with Crippen LogP contribution in [0.25, 0.3) is 0 Å². The Hall–Kier alpha value is -1.34. The maximum atomic E-state index is 13.8. The normalized spacial score (nSPS) is 19.4. The molecule has 1 unspecified atom stereocenters. The monoisotopic (exact) mass is 321 g/mol. The third-order valence-electron chi connectivity index (χ3n) is 3.08. The van der Waals surface area contributed by atoms with Crippen LogP contribution in [0, 0.1) is 11.7 Å². The van der Waals surface area contributed by atoms with Crippen molar-refractivity contribution in [3.63, 3.8) is 0 Å². The van der Waals surface area contributed by atoms with Crippen LogP contribution in [0.2, 0.25) is 0 Å². The molecule has 1 aliphatic heterocycles. The second-order valence-electron chi connectivity index (χ2n) is 4.60. The van der Waals surface area contributed by atoms with Crippen LogP contribution in [-0.2, 0) is 13.8 Å². The second-order valence-corrected chi connectivity index (χ2v) is 7.42. The van der Waals surface area contributed by atoms with Crippen molar-refractivity contribution in [2.45, 2.75) is 6.42 Å². The fraction of sp³-hybridized carbons (Fsp3) is 0.417. The molecular formula is C12H13ClFNO4S. The van der Waals surface area contributed by atoms with Crippen molar-refractivity contribution in [3.8, 4) is 5.75 Å². The fourth-order valence-electron chi connectivity index (χ4n) is 2.23. The highest BCUT2D eigenvalue weighted by Gasteiger charge is 2.34. The van der Waals surface area contributed by atoms with Gasteiger partial charge in [0.2, 0.25) is 15.0 Å². The van der Waals surface area contributed by atoms with E-state index in [2.05, 4.69) is 0 Å². The molecule has 5 nitrogen and oxygen atoms in total. The van der Waals surface area contributed by atoms with Gasteiger partial charge in [-0.1, -0.05) is 0 Å². The van der Waals surface area contributed by atoms with Gasteiger partial charge in [0.25, 0.3) is 0 Å². The van der Waals surface area contributed by atoms with Crippen molar-refractivity contribution >= 4 is 31.3 Å². The molecule has 1 fully saturated rings. The zero-order valence-electron chi connectivity index (χ0n) is 10.7. The van der Waals surface area contributed by atoms with Gasteiger partial charge in [0, 0.05) is 35.6 Å². The number of methoxy groups -OCH3 is 1. The van der Waals surface area contributed by atoms with Gasteiger partial charge in [-0.05, 0) is 12.1 Å². The van der Waals surface area contributed by atoms with E-state index in [1.807, 2.05) is 0 Å². The number of anilines is 1. The van der Waals surface area contributed by atoms with E-state index in [1.54, 1.807) is 0 Å². The molecule has 2 rings (SSSR count). The molecule has 1 heterocycles. The van der Waals surface area contributed by atoms with Gasteiger partial charge in [-0.3, -0.25) is 4.79 Å². The molecule has 0 saturated carbocycles. The lowest BCUT2D eigenvalue weighted by molar-refractivity contribution is -0.117. The highest BCUT2D eigenvalue weighted by molar-refractivity contribution is 8.13. The predicted molar refractivity (Wildman–Crippen MR) is 73.1 cm³/mol.